The van der Waals surface area contributed by atoms with Crippen LogP contribution in [-0.4, -0.2) is 29.8 Å². The van der Waals surface area contributed by atoms with E-state index in [2.05, 4.69) is 31.9 Å². The molecule has 1 saturated heterocycles. The highest BCUT2D eigenvalue weighted by Gasteiger charge is 2.24. The van der Waals surface area contributed by atoms with E-state index < -0.39 is 0 Å². The van der Waals surface area contributed by atoms with Gasteiger partial charge in [-0.3, -0.25) is 4.79 Å². The Bertz CT molecular complexity index is 396. The summed E-state index contributed by atoms with van der Waals surface area (Å²) in [7, 11) is 0. The summed E-state index contributed by atoms with van der Waals surface area (Å²) in [5.41, 5.74) is 0. The van der Waals surface area contributed by atoms with Gasteiger partial charge in [0.25, 0.3) is 5.91 Å². The maximum absolute atomic E-state index is 12.2. The molecule has 1 aromatic heterocycles. The van der Waals surface area contributed by atoms with Gasteiger partial charge in [0.15, 0.2) is 0 Å². The van der Waals surface area contributed by atoms with Crippen molar-refractivity contribution in [2.45, 2.75) is 12.8 Å². The number of halogens is 3. The number of likely N-dealkylation sites (tertiary alicyclic amines) is 1. The van der Waals surface area contributed by atoms with Gasteiger partial charge in [-0.15, -0.1) is 22.9 Å². The Labute approximate surface area is 127 Å². The summed E-state index contributed by atoms with van der Waals surface area (Å²) in [4.78, 5) is 14.9. The summed E-state index contributed by atoms with van der Waals surface area (Å²) >= 11 is 14.1. The summed E-state index contributed by atoms with van der Waals surface area (Å²) in [5.74, 6) is 1.41. The number of piperidine rings is 1. The standard InChI is InChI=1S/C11H12Br2ClNOS/c12-8-5-9(17-10(8)13)11(16)15-3-1-7(6-14)2-4-15/h5,7H,1-4,6H2. The molecule has 0 radical (unpaired) electrons. The Morgan fingerprint density at radius 1 is 1.47 bits per heavy atom. The monoisotopic (exact) mass is 399 g/mol. The van der Waals surface area contributed by atoms with Gasteiger partial charge < -0.3 is 4.90 Å². The molecule has 1 fully saturated rings. The van der Waals surface area contributed by atoms with Crippen LogP contribution in [0.4, 0.5) is 0 Å². The van der Waals surface area contributed by atoms with Crippen LogP contribution in [0.3, 0.4) is 0 Å². The summed E-state index contributed by atoms with van der Waals surface area (Å²) < 4.78 is 1.91. The zero-order valence-electron chi connectivity index (χ0n) is 9.09. The van der Waals surface area contributed by atoms with E-state index in [1.54, 1.807) is 0 Å². The van der Waals surface area contributed by atoms with Crippen molar-refractivity contribution in [1.82, 2.24) is 4.90 Å². The molecule has 0 saturated carbocycles. The number of carbonyl (C=O) groups excluding carboxylic acids is 1. The quantitative estimate of drug-likeness (QED) is 0.674. The van der Waals surface area contributed by atoms with Crippen LogP contribution in [0.15, 0.2) is 14.3 Å². The van der Waals surface area contributed by atoms with Crippen LogP contribution in [0.1, 0.15) is 22.5 Å². The number of thiophene rings is 1. The van der Waals surface area contributed by atoms with E-state index in [1.165, 1.54) is 11.3 Å². The maximum atomic E-state index is 12.2. The van der Waals surface area contributed by atoms with Crippen molar-refractivity contribution in [2.24, 2.45) is 5.92 Å². The first-order valence-corrected chi connectivity index (χ1v) is 8.35. The molecule has 2 nitrogen and oxygen atoms in total. The molecule has 2 heterocycles. The molecule has 2 rings (SSSR count). The lowest BCUT2D eigenvalue weighted by molar-refractivity contribution is 0.0703. The van der Waals surface area contributed by atoms with Gasteiger partial charge >= 0.3 is 0 Å². The zero-order chi connectivity index (χ0) is 12.4. The smallest absolute Gasteiger partial charge is 0.264 e. The average molecular weight is 402 g/mol. The second kappa shape index (κ2) is 6.04. The van der Waals surface area contributed by atoms with Crippen molar-refractivity contribution < 1.29 is 4.79 Å². The van der Waals surface area contributed by atoms with Gasteiger partial charge in [0.05, 0.1) is 8.66 Å². The molecule has 1 aliphatic heterocycles. The zero-order valence-corrected chi connectivity index (χ0v) is 13.8. The van der Waals surface area contributed by atoms with E-state index in [4.69, 9.17) is 11.6 Å². The summed E-state index contributed by atoms with van der Waals surface area (Å²) in [5, 5.41) is 0. The highest BCUT2D eigenvalue weighted by Crippen LogP contribution is 2.33. The minimum absolute atomic E-state index is 0.134. The molecular weight excluding hydrogens is 389 g/mol. The number of rotatable bonds is 2. The van der Waals surface area contributed by atoms with Crippen LogP contribution in [0.25, 0.3) is 0 Å². The van der Waals surface area contributed by atoms with E-state index in [9.17, 15) is 4.79 Å². The lowest BCUT2D eigenvalue weighted by atomic mass is 9.99. The summed E-state index contributed by atoms with van der Waals surface area (Å²) in [6.07, 6.45) is 2.03. The molecule has 94 valence electrons. The highest BCUT2D eigenvalue weighted by molar-refractivity contribution is 9.13. The van der Waals surface area contributed by atoms with Gasteiger partial charge in [-0.25, -0.2) is 0 Å². The fourth-order valence-corrected chi connectivity index (χ4v) is 4.21. The Morgan fingerprint density at radius 3 is 2.59 bits per heavy atom. The Morgan fingerprint density at radius 2 is 2.12 bits per heavy atom. The van der Waals surface area contributed by atoms with Gasteiger partial charge in [-0.2, -0.15) is 0 Å². The fraction of sp³-hybridized carbons (Fsp3) is 0.545. The molecule has 1 aromatic rings. The van der Waals surface area contributed by atoms with Crippen LogP contribution in [-0.2, 0) is 0 Å². The third kappa shape index (κ3) is 3.25. The number of nitrogens with zero attached hydrogens (tertiary/aromatic N) is 1. The second-order valence-electron chi connectivity index (χ2n) is 4.12. The summed E-state index contributed by atoms with van der Waals surface area (Å²) in [6, 6.07) is 1.88. The first kappa shape index (κ1) is 13.8. The normalized spacial score (nSPS) is 17.5. The molecule has 0 spiro atoms. The number of carbonyl (C=O) groups is 1. The van der Waals surface area contributed by atoms with E-state index in [-0.39, 0.29) is 5.91 Å². The van der Waals surface area contributed by atoms with Crippen LogP contribution in [0.2, 0.25) is 0 Å². The maximum Gasteiger partial charge on any atom is 0.264 e. The van der Waals surface area contributed by atoms with Crippen LogP contribution in [0, 0.1) is 5.92 Å². The molecular formula is C11H12Br2ClNOS. The Balaban J connectivity index is 2.01. The molecule has 0 unspecified atom stereocenters. The Kier molecular flexibility index (Phi) is 4.92. The van der Waals surface area contributed by atoms with Gasteiger partial charge in [-0.1, -0.05) is 0 Å². The molecule has 17 heavy (non-hydrogen) atoms. The lowest BCUT2D eigenvalue weighted by Crippen LogP contribution is -2.38. The largest absolute Gasteiger partial charge is 0.338 e. The SMILES string of the molecule is O=C(c1cc(Br)c(Br)s1)N1CCC(CCl)CC1. The van der Waals surface area contributed by atoms with Crippen LogP contribution < -0.4 is 0 Å². The average Bonchev–Trinajstić information content (AvgIpc) is 2.69. The van der Waals surface area contributed by atoms with Gasteiger partial charge in [0, 0.05) is 23.4 Å². The molecule has 0 bridgehead atoms. The number of hydrogen-bond donors (Lipinski definition) is 0. The highest BCUT2D eigenvalue weighted by atomic mass is 79.9. The molecule has 1 amide bonds. The Hall–Kier alpha value is 0.420. The number of hydrogen-bond acceptors (Lipinski definition) is 2. The first-order valence-electron chi connectivity index (χ1n) is 5.42. The van der Waals surface area contributed by atoms with E-state index >= 15 is 0 Å². The van der Waals surface area contributed by atoms with Crippen LogP contribution in [0.5, 0.6) is 0 Å². The molecule has 0 atom stereocenters. The summed E-state index contributed by atoms with van der Waals surface area (Å²) in [6.45, 7) is 1.65. The van der Waals surface area contributed by atoms with Crippen molar-refractivity contribution in [3.05, 3.63) is 19.2 Å². The van der Waals surface area contributed by atoms with Crippen molar-refractivity contribution >= 4 is 60.7 Å². The molecule has 6 heteroatoms. The van der Waals surface area contributed by atoms with Crippen molar-refractivity contribution in [2.75, 3.05) is 19.0 Å². The van der Waals surface area contributed by atoms with E-state index in [0.717, 1.165) is 39.1 Å². The van der Waals surface area contributed by atoms with Gasteiger partial charge in [0.2, 0.25) is 0 Å². The third-order valence-corrected chi connectivity index (χ3v) is 6.66. The second-order valence-corrected chi connectivity index (χ2v) is 7.66. The minimum atomic E-state index is 0.134. The topological polar surface area (TPSA) is 20.3 Å². The van der Waals surface area contributed by atoms with Gasteiger partial charge in [0.1, 0.15) is 0 Å². The van der Waals surface area contributed by atoms with Gasteiger partial charge in [-0.05, 0) is 56.7 Å². The van der Waals surface area contributed by atoms with Crippen molar-refractivity contribution in [3.63, 3.8) is 0 Å². The first-order chi connectivity index (χ1) is 8.11. The minimum Gasteiger partial charge on any atom is -0.338 e. The van der Waals surface area contributed by atoms with Crippen molar-refractivity contribution in [1.29, 1.82) is 0 Å². The van der Waals surface area contributed by atoms with Crippen LogP contribution >= 0.6 is 54.8 Å². The third-order valence-electron chi connectivity index (χ3n) is 2.98. The lowest BCUT2D eigenvalue weighted by Gasteiger charge is -2.30. The molecule has 1 aliphatic rings. The molecule has 0 N–H and O–H groups in total. The molecule has 0 aliphatic carbocycles. The predicted molar refractivity (Wildman–Crippen MR) is 79.1 cm³/mol. The number of alkyl halides is 1. The van der Waals surface area contributed by atoms with E-state index in [0.29, 0.717) is 11.8 Å². The molecule has 0 aromatic carbocycles. The van der Waals surface area contributed by atoms with E-state index in [1.807, 2.05) is 11.0 Å². The van der Waals surface area contributed by atoms with Crippen molar-refractivity contribution in [3.8, 4) is 0 Å². The predicted octanol–water partition coefficient (Wildman–Crippen LogP) is 4.36. The fourth-order valence-electron chi connectivity index (χ4n) is 1.90. The number of amides is 1.